The summed E-state index contributed by atoms with van der Waals surface area (Å²) in [4.78, 5) is 12.3. The standard InChI is InChI=1S/C16H16F2N2O4/c1-19(12-5-3-4-6-13(12)20(21)22)10-11-7-8-14(24-16(17)18)15(9-11)23-2/h3-9,16H,10H2,1-2H3. The Morgan fingerprint density at radius 1 is 1.21 bits per heavy atom. The third-order valence-electron chi connectivity index (χ3n) is 3.35. The Balaban J connectivity index is 2.23. The van der Waals surface area contributed by atoms with Gasteiger partial charge in [0, 0.05) is 19.7 Å². The maximum atomic E-state index is 12.3. The van der Waals surface area contributed by atoms with E-state index in [0.717, 1.165) is 5.56 Å². The third kappa shape index (κ3) is 4.09. The quantitative estimate of drug-likeness (QED) is 0.567. The van der Waals surface area contributed by atoms with Crippen LogP contribution in [0.25, 0.3) is 0 Å². The van der Waals surface area contributed by atoms with E-state index in [9.17, 15) is 18.9 Å². The van der Waals surface area contributed by atoms with E-state index in [1.165, 1.54) is 19.2 Å². The Kier molecular flexibility index (Phi) is 5.51. The van der Waals surface area contributed by atoms with Crippen molar-refractivity contribution in [2.45, 2.75) is 13.2 Å². The highest BCUT2D eigenvalue weighted by Gasteiger charge is 2.17. The summed E-state index contributed by atoms with van der Waals surface area (Å²) in [6.07, 6.45) is 0. The number of para-hydroxylation sites is 2. The van der Waals surface area contributed by atoms with E-state index in [1.54, 1.807) is 42.3 Å². The third-order valence-corrected chi connectivity index (χ3v) is 3.35. The van der Waals surface area contributed by atoms with Crippen LogP contribution < -0.4 is 14.4 Å². The zero-order chi connectivity index (χ0) is 17.7. The second-order valence-electron chi connectivity index (χ2n) is 4.97. The van der Waals surface area contributed by atoms with Gasteiger partial charge in [0.25, 0.3) is 5.69 Å². The smallest absolute Gasteiger partial charge is 0.387 e. The lowest BCUT2D eigenvalue weighted by atomic mass is 10.1. The highest BCUT2D eigenvalue weighted by Crippen LogP contribution is 2.32. The molecule has 128 valence electrons. The minimum atomic E-state index is -2.95. The predicted molar refractivity (Wildman–Crippen MR) is 84.8 cm³/mol. The van der Waals surface area contributed by atoms with Crippen molar-refractivity contribution in [1.29, 1.82) is 0 Å². The maximum absolute atomic E-state index is 12.3. The molecule has 0 aliphatic carbocycles. The van der Waals surface area contributed by atoms with Crippen LogP contribution >= 0.6 is 0 Å². The fourth-order valence-electron chi connectivity index (χ4n) is 2.30. The Morgan fingerprint density at radius 3 is 2.54 bits per heavy atom. The molecule has 0 fully saturated rings. The van der Waals surface area contributed by atoms with Crippen molar-refractivity contribution in [1.82, 2.24) is 0 Å². The SMILES string of the molecule is COc1cc(CN(C)c2ccccc2[N+](=O)[O-])ccc1OC(F)F. The number of ether oxygens (including phenoxy) is 2. The first-order valence-corrected chi connectivity index (χ1v) is 6.98. The van der Waals surface area contributed by atoms with E-state index in [1.807, 2.05) is 0 Å². The fourth-order valence-corrected chi connectivity index (χ4v) is 2.30. The van der Waals surface area contributed by atoms with Crippen LogP contribution in [0.2, 0.25) is 0 Å². The lowest BCUT2D eigenvalue weighted by molar-refractivity contribution is -0.384. The van der Waals surface area contributed by atoms with Crippen LogP contribution in [0.15, 0.2) is 42.5 Å². The molecule has 0 N–H and O–H groups in total. The van der Waals surface area contributed by atoms with E-state index >= 15 is 0 Å². The van der Waals surface area contributed by atoms with E-state index in [0.29, 0.717) is 12.2 Å². The molecular formula is C16H16F2N2O4. The van der Waals surface area contributed by atoms with Gasteiger partial charge in [0.2, 0.25) is 0 Å². The summed E-state index contributed by atoms with van der Waals surface area (Å²) < 4.78 is 34.1. The van der Waals surface area contributed by atoms with Gasteiger partial charge in [-0.2, -0.15) is 8.78 Å². The number of nitro benzene ring substituents is 1. The van der Waals surface area contributed by atoms with E-state index in [2.05, 4.69) is 4.74 Å². The summed E-state index contributed by atoms with van der Waals surface area (Å²) in [6, 6.07) is 10.9. The molecule has 0 saturated heterocycles. The molecule has 2 aromatic carbocycles. The number of rotatable bonds is 7. The predicted octanol–water partition coefficient (Wildman–Crippen LogP) is 3.84. The summed E-state index contributed by atoms with van der Waals surface area (Å²) in [6.45, 7) is -2.62. The largest absolute Gasteiger partial charge is 0.493 e. The molecule has 8 heteroatoms. The Morgan fingerprint density at radius 2 is 1.92 bits per heavy atom. The Labute approximate surface area is 137 Å². The number of hydrogen-bond donors (Lipinski definition) is 0. The molecule has 24 heavy (non-hydrogen) atoms. The Bertz CT molecular complexity index is 725. The molecule has 0 aliphatic rings. The first-order chi connectivity index (χ1) is 11.4. The monoisotopic (exact) mass is 338 g/mol. The van der Waals surface area contributed by atoms with Crippen molar-refractivity contribution < 1.29 is 23.2 Å². The van der Waals surface area contributed by atoms with Gasteiger partial charge in [-0.05, 0) is 23.8 Å². The summed E-state index contributed by atoms with van der Waals surface area (Å²) in [5.74, 6) is 0.105. The second kappa shape index (κ2) is 7.58. The van der Waals surface area contributed by atoms with E-state index in [4.69, 9.17) is 4.74 Å². The van der Waals surface area contributed by atoms with Gasteiger partial charge in [-0.25, -0.2) is 0 Å². The molecule has 0 atom stereocenters. The first-order valence-electron chi connectivity index (χ1n) is 6.98. The maximum Gasteiger partial charge on any atom is 0.387 e. The number of nitro groups is 1. The lowest BCUT2D eigenvalue weighted by Gasteiger charge is -2.20. The van der Waals surface area contributed by atoms with Crippen molar-refractivity contribution in [3.63, 3.8) is 0 Å². The molecular weight excluding hydrogens is 322 g/mol. The number of nitrogens with zero attached hydrogens (tertiary/aromatic N) is 2. The van der Waals surface area contributed by atoms with Gasteiger partial charge in [0.05, 0.1) is 12.0 Å². The van der Waals surface area contributed by atoms with Crippen LogP contribution in [0.4, 0.5) is 20.2 Å². The Hall–Kier alpha value is -2.90. The number of anilines is 1. The minimum absolute atomic E-state index is 0.00961. The number of halogens is 2. The van der Waals surface area contributed by atoms with Gasteiger partial charge >= 0.3 is 6.61 Å². The summed E-state index contributed by atoms with van der Waals surface area (Å²) >= 11 is 0. The van der Waals surface area contributed by atoms with Gasteiger partial charge in [-0.3, -0.25) is 10.1 Å². The van der Waals surface area contributed by atoms with Gasteiger partial charge in [-0.1, -0.05) is 18.2 Å². The highest BCUT2D eigenvalue weighted by molar-refractivity contribution is 5.62. The zero-order valence-electron chi connectivity index (χ0n) is 13.1. The summed E-state index contributed by atoms with van der Waals surface area (Å²) in [5, 5.41) is 11.1. The van der Waals surface area contributed by atoms with E-state index < -0.39 is 11.5 Å². The number of methoxy groups -OCH3 is 1. The zero-order valence-corrected chi connectivity index (χ0v) is 13.1. The van der Waals surface area contributed by atoms with Crippen LogP contribution in [0, 0.1) is 10.1 Å². The molecule has 0 saturated carbocycles. The van der Waals surface area contributed by atoms with Crippen LogP contribution in [-0.4, -0.2) is 25.7 Å². The molecule has 0 amide bonds. The lowest BCUT2D eigenvalue weighted by Crippen LogP contribution is -2.17. The number of alkyl halides is 2. The highest BCUT2D eigenvalue weighted by atomic mass is 19.3. The topological polar surface area (TPSA) is 64.8 Å². The van der Waals surface area contributed by atoms with Gasteiger partial charge in [0.15, 0.2) is 11.5 Å². The second-order valence-corrected chi connectivity index (χ2v) is 4.97. The van der Waals surface area contributed by atoms with Crippen LogP contribution in [0.1, 0.15) is 5.56 Å². The average molecular weight is 338 g/mol. The molecule has 0 radical (unpaired) electrons. The molecule has 0 spiro atoms. The van der Waals surface area contributed by atoms with Gasteiger partial charge < -0.3 is 14.4 Å². The van der Waals surface area contributed by atoms with Crippen molar-refractivity contribution in [2.75, 3.05) is 19.1 Å². The van der Waals surface area contributed by atoms with Crippen molar-refractivity contribution in [2.24, 2.45) is 0 Å². The average Bonchev–Trinajstić information content (AvgIpc) is 2.55. The summed E-state index contributed by atoms with van der Waals surface area (Å²) in [5.41, 5.74) is 1.17. The number of benzene rings is 2. The van der Waals surface area contributed by atoms with Crippen molar-refractivity contribution in [3.05, 3.63) is 58.1 Å². The molecule has 0 bridgehead atoms. The minimum Gasteiger partial charge on any atom is -0.493 e. The normalized spacial score (nSPS) is 10.5. The van der Waals surface area contributed by atoms with Crippen molar-refractivity contribution in [3.8, 4) is 11.5 Å². The molecule has 2 aromatic rings. The fraction of sp³-hybridized carbons (Fsp3) is 0.250. The summed E-state index contributed by atoms with van der Waals surface area (Å²) in [7, 11) is 3.06. The first kappa shape index (κ1) is 17.5. The molecule has 0 aliphatic heterocycles. The molecule has 0 heterocycles. The van der Waals surface area contributed by atoms with Crippen LogP contribution in [-0.2, 0) is 6.54 Å². The van der Waals surface area contributed by atoms with Gasteiger partial charge in [0.1, 0.15) is 5.69 Å². The van der Waals surface area contributed by atoms with Crippen LogP contribution in [0.3, 0.4) is 0 Å². The van der Waals surface area contributed by atoms with Gasteiger partial charge in [-0.15, -0.1) is 0 Å². The molecule has 6 nitrogen and oxygen atoms in total. The molecule has 2 rings (SSSR count). The van der Waals surface area contributed by atoms with Crippen LogP contribution in [0.5, 0.6) is 11.5 Å². The van der Waals surface area contributed by atoms with Crippen molar-refractivity contribution >= 4 is 11.4 Å². The molecule has 0 aromatic heterocycles. The van der Waals surface area contributed by atoms with E-state index in [-0.39, 0.29) is 17.2 Å². The molecule has 0 unspecified atom stereocenters. The number of hydrogen-bond acceptors (Lipinski definition) is 5.